The fourth-order valence-corrected chi connectivity index (χ4v) is 2.19. The number of ether oxygens (including phenoxy) is 1. The van der Waals surface area contributed by atoms with E-state index in [1.807, 2.05) is 36.4 Å². The van der Waals surface area contributed by atoms with Crippen LogP contribution < -0.4 is 10.1 Å². The summed E-state index contributed by atoms with van der Waals surface area (Å²) in [7, 11) is 1.65. The molecule has 0 unspecified atom stereocenters. The van der Waals surface area contributed by atoms with E-state index >= 15 is 0 Å². The van der Waals surface area contributed by atoms with Gasteiger partial charge in [-0.05, 0) is 41.0 Å². The number of amides is 1. The second-order valence-electron chi connectivity index (χ2n) is 4.33. The molecule has 2 aromatic carbocycles. The number of hydrogen-bond donors (Lipinski definition) is 1. The summed E-state index contributed by atoms with van der Waals surface area (Å²) in [5.41, 5.74) is 4.23. The number of hydrogen-bond acceptors (Lipinski definition) is 2. The maximum atomic E-state index is 11.3. The number of carbonyl (C=O) groups excluding carboxylic acids is 1. The fraction of sp³-hybridized carbons (Fsp3) is 0.133. The summed E-state index contributed by atoms with van der Waals surface area (Å²) in [4.78, 5) is 11.3. The highest BCUT2D eigenvalue weighted by molar-refractivity contribution is 5.99. The highest BCUT2D eigenvalue weighted by atomic mass is 16.5. The van der Waals surface area contributed by atoms with Crippen LogP contribution in [0.5, 0.6) is 5.75 Å². The highest BCUT2D eigenvalue weighted by Crippen LogP contribution is 2.29. The zero-order valence-electron chi connectivity index (χ0n) is 10.1. The molecule has 1 N–H and O–H groups in total. The number of anilines is 1. The summed E-state index contributed by atoms with van der Waals surface area (Å²) < 4.78 is 5.14. The van der Waals surface area contributed by atoms with Crippen LogP contribution >= 0.6 is 0 Å². The van der Waals surface area contributed by atoms with Gasteiger partial charge in [0.25, 0.3) is 0 Å². The number of carbonyl (C=O) groups is 1. The van der Waals surface area contributed by atoms with Crippen molar-refractivity contribution < 1.29 is 9.53 Å². The number of nitrogens with one attached hydrogen (secondary N) is 1. The van der Waals surface area contributed by atoms with Gasteiger partial charge in [0.15, 0.2) is 0 Å². The molecule has 1 aliphatic heterocycles. The van der Waals surface area contributed by atoms with Gasteiger partial charge >= 0.3 is 0 Å². The van der Waals surface area contributed by atoms with Crippen LogP contribution in [0.15, 0.2) is 42.5 Å². The van der Waals surface area contributed by atoms with Crippen molar-refractivity contribution in [2.45, 2.75) is 6.42 Å². The molecule has 3 nitrogen and oxygen atoms in total. The second kappa shape index (κ2) is 4.18. The normalized spacial score (nSPS) is 13.1. The van der Waals surface area contributed by atoms with Crippen LogP contribution in [0.4, 0.5) is 5.69 Å². The average molecular weight is 239 g/mol. The molecule has 0 aliphatic carbocycles. The van der Waals surface area contributed by atoms with Crippen LogP contribution in [0.1, 0.15) is 5.56 Å². The zero-order chi connectivity index (χ0) is 12.5. The van der Waals surface area contributed by atoms with Crippen LogP contribution in [-0.2, 0) is 11.2 Å². The molecule has 0 fully saturated rings. The summed E-state index contributed by atoms with van der Waals surface area (Å²) in [6, 6.07) is 14.0. The van der Waals surface area contributed by atoms with E-state index in [1.54, 1.807) is 7.11 Å². The Kier molecular flexibility index (Phi) is 2.52. The summed E-state index contributed by atoms with van der Waals surface area (Å²) in [5.74, 6) is 0.911. The molecule has 0 saturated carbocycles. The third kappa shape index (κ3) is 1.84. The first-order chi connectivity index (χ1) is 8.76. The van der Waals surface area contributed by atoms with Gasteiger partial charge in [-0.15, -0.1) is 0 Å². The van der Waals surface area contributed by atoms with Gasteiger partial charge in [0.1, 0.15) is 5.75 Å². The molecule has 18 heavy (non-hydrogen) atoms. The van der Waals surface area contributed by atoms with Crippen molar-refractivity contribution >= 4 is 11.6 Å². The van der Waals surface area contributed by atoms with Gasteiger partial charge in [-0.1, -0.05) is 18.2 Å². The van der Waals surface area contributed by atoms with Crippen LogP contribution in [0, 0.1) is 0 Å². The lowest BCUT2D eigenvalue weighted by molar-refractivity contribution is -0.115. The zero-order valence-corrected chi connectivity index (χ0v) is 10.1. The van der Waals surface area contributed by atoms with Gasteiger partial charge < -0.3 is 10.1 Å². The Bertz CT molecular complexity index is 602. The van der Waals surface area contributed by atoms with Crippen molar-refractivity contribution in [2.75, 3.05) is 12.4 Å². The van der Waals surface area contributed by atoms with Crippen LogP contribution in [-0.4, -0.2) is 13.0 Å². The molecular formula is C15H13NO2. The van der Waals surface area contributed by atoms with Gasteiger partial charge in [-0.2, -0.15) is 0 Å². The van der Waals surface area contributed by atoms with Crippen molar-refractivity contribution in [2.24, 2.45) is 0 Å². The minimum Gasteiger partial charge on any atom is -0.497 e. The lowest BCUT2D eigenvalue weighted by atomic mass is 10.0. The van der Waals surface area contributed by atoms with Crippen LogP contribution in [0.25, 0.3) is 11.1 Å². The third-order valence-corrected chi connectivity index (χ3v) is 3.15. The molecule has 0 radical (unpaired) electrons. The number of fused-ring (bicyclic) bond motifs is 1. The van der Waals surface area contributed by atoms with Crippen molar-refractivity contribution in [1.82, 2.24) is 0 Å². The molecule has 2 aromatic rings. The van der Waals surface area contributed by atoms with Gasteiger partial charge in [0.2, 0.25) is 5.91 Å². The second-order valence-corrected chi connectivity index (χ2v) is 4.33. The Balaban J connectivity index is 1.97. The van der Waals surface area contributed by atoms with Gasteiger partial charge in [-0.25, -0.2) is 0 Å². The number of benzene rings is 2. The quantitative estimate of drug-likeness (QED) is 0.875. The molecule has 1 heterocycles. The van der Waals surface area contributed by atoms with Gasteiger partial charge in [0.05, 0.1) is 13.5 Å². The fourth-order valence-electron chi connectivity index (χ4n) is 2.19. The van der Waals surface area contributed by atoms with Crippen molar-refractivity contribution in [3.05, 3.63) is 48.0 Å². The number of rotatable bonds is 2. The van der Waals surface area contributed by atoms with Crippen LogP contribution in [0.2, 0.25) is 0 Å². The van der Waals surface area contributed by atoms with E-state index in [4.69, 9.17) is 4.74 Å². The standard InChI is InChI=1S/C15H13NO2/c1-18-13-5-2-10(3-6-13)11-4-7-14-12(8-11)9-15(17)16-14/h2-8H,9H2,1H3,(H,16,17). The summed E-state index contributed by atoms with van der Waals surface area (Å²) in [5, 5.41) is 2.84. The third-order valence-electron chi connectivity index (χ3n) is 3.15. The first kappa shape index (κ1) is 10.8. The topological polar surface area (TPSA) is 38.3 Å². The molecule has 0 saturated heterocycles. The Labute approximate surface area is 105 Å². The summed E-state index contributed by atoms with van der Waals surface area (Å²) in [6.07, 6.45) is 0.472. The van der Waals surface area contributed by atoms with E-state index in [2.05, 4.69) is 11.4 Å². The van der Waals surface area contributed by atoms with E-state index in [9.17, 15) is 4.79 Å². The van der Waals surface area contributed by atoms with Gasteiger partial charge in [0, 0.05) is 5.69 Å². The van der Waals surface area contributed by atoms with E-state index < -0.39 is 0 Å². The van der Waals surface area contributed by atoms with E-state index in [0.717, 1.165) is 28.1 Å². The first-order valence-corrected chi connectivity index (χ1v) is 5.83. The molecule has 0 aromatic heterocycles. The summed E-state index contributed by atoms with van der Waals surface area (Å²) in [6.45, 7) is 0. The molecule has 0 spiro atoms. The van der Waals surface area contributed by atoms with E-state index in [0.29, 0.717) is 6.42 Å². The summed E-state index contributed by atoms with van der Waals surface area (Å²) >= 11 is 0. The Hall–Kier alpha value is -2.29. The molecule has 90 valence electrons. The minimum absolute atomic E-state index is 0.0666. The predicted molar refractivity (Wildman–Crippen MR) is 70.8 cm³/mol. The molecule has 1 aliphatic rings. The SMILES string of the molecule is COc1ccc(-c2ccc3c(c2)CC(=O)N3)cc1. The highest BCUT2D eigenvalue weighted by Gasteiger charge is 2.17. The van der Waals surface area contributed by atoms with Crippen molar-refractivity contribution in [3.8, 4) is 16.9 Å². The maximum absolute atomic E-state index is 11.3. The molecular weight excluding hydrogens is 226 g/mol. The minimum atomic E-state index is 0.0666. The largest absolute Gasteiger partial charge is 0.497 e. The van der Waals surface area contributed by atoms with Crippen molar-refractivity contribution in [1.29, 1.82) is 0 Å². The Morgan fingerprint density at radius 3 is 2.50 bits per heavy atom. The Morgan fingerprint density at radius 2 is 1.78 bits per heavy atom. The number of methoxy groups -OCH3 is 1. The van der Waals surface area contributed by atoms with E-state index in [1.165, 1.54) is 0 Å². The molecule has 0 bridgehead atoms. The molecule has 1 amide bonds. The predicted octanol–water partition coefficient (Wildman–Crippen LogP) is 2.86. The molecule has 0 atom stereocenters. The monoisotopic (exact) mass is 239 g/mol. The average Bonchev–Trinajstić information content (AvgIpc) is 2.78. The van der Waals surface area contributed by atoms with Crippen LogP contribution in [0.3, 0.4) is 0 Å². The lowest BCUT2D eigenvalue weighted by Crippen LogP contribution is -2.03. The lowest BCUT2D eigenvalue weighted by Gasteiger charge is -2.06. The maximum Gasteiger partial charge on any atom is 0.228 e. The van der Waals surface area contributed by atoms with E-state index in [-0.39, 0.29) is 5.91 Å². The first-order valence-electron chi connectivity index (χ1n) is 5.83. The Morgan fingerprint density at radius 1 is 1.06 bits per heavy atom. The van der Waals surface area contributed by atoms with Crippen molar-refractivity contribution in [3.63, 3.8) is 0 Å². The van der Waals surface area contributed by atoms with Gasteiger partial charge in [-0.3, -0.25) is 4.79 Å². The molecule has 3 heteroatoms. The molecule has 3 rings (SSSR count). The smallest absolute Gasteiger partial charge is 0.228 e.